The van der Waals surface area contributed by atoms with Gasteiger partial charge in [0.2, 0.25) is 5.91 Å². The summed E-state index contributed by atoms with van der Waals surface area (Å²) in [5.41, 5.74) is 1.23. The monoisotopic (exact) mass is 352 g/mol. The third-order valence-electron chi connectivity index (χ3n) is 4.15. The highest BCUT2D eigenvalue weighted by molar-refractivity contribution is 9.10. The number of hydrogen-bond donors (Lipinski definition) is 1. The van der Waals surface area contributed by atoms with Gasteiger partial charge in [-0.05, 0) is 50.3 Å². The second-order valence-electron chi connectivity index (χ2n) is 5.79. The second-order valence-corrected chi connectivity index (χ2v) is 6.71. The second kappa shape index (κ2) is 7.95. The first-order chi connectivity index (χ1) is 10.1. The van der Waals surface area contributed by atoms with Crippen LogP contribution < -0.4 is 5.32 Å². The summed E-state index contributed by atoms with van der Waals surface area (Å²) in [4.78, 5) is 14.5. The number of amides is 1. The van der Waals surface area contributed by atoms with Gasteiger partial charge in [0.15, 0.2) is 0 Å². The number of likely N-dealkylation sites (tertiary alicyclic amines) is 1. The van der Waals surface area contributed by atoms with E-state index in [0.29, 0.717) is 0 Å². The molecule has 1 aromatic carbocycles. The Hall–Kier alpha value is -0.870. The Labute approximate surface area is 136 Å². The molecule has 1 N–H and O–H groups in total. The van der Waals surface area contributed by atoms with Crippen LogP contribution >= 0.6 is 15.9 Å². The minimum Gasteiger partial charge on any atom is -0.341 e. The van der Waals surface area contributed by atoms with Crippen LogP contribution in [-0.2, 0) is 4.79 Å². The molecule has 1 fully saturated rings. The highest BCUT2D eigenvalue weighted by Crippen LogP contribution is 2.21. The van der Waals surface area contributed by atoms with E-state index in [-0.39, 0.29) is 18.0 Å². The molecule has 0 saturated carbocycles. The number of benzene rings is 1. The van der Waals surface area contributed by atoms with E-state index in [1.165, 1.54) is 12.0 Å². The molecule has 2 unspecified atom stereocenters. The lowest BCUT2D eigenvalue weighted by atomic mass is 10.0. The van der Waals surface area contributed by atoms with E-state index in [1.807, 2.05) is 24.0 Å². The Morgan fingerprint density at radius 1 is 1.33 bits per heavy atom. The van der Waals surface area contributed by atoms with Crippen LogP contribution in [0.1, 0.15) is 51.1 Å². The van der Waals surface area contributed by atoms with Crippen molar-refractivity contribution in [2.75, 3.05) is 13.1 Å². The van der Waals surface area contributed by atoms with Gasteiger partial charge in [-0.25, -0.2) is 0 Å². The van der Waals surface area contributed by atoms with Gasteiger partial charge in [-0.2, -0.15) is 0 Å². The van der Waals surface area contributed by atoms with Crippen molar-refractivity contribution in [2.45, 2.75) is 51.6 Å². The Balaban J connectivity index is 1.98. The molecule has 116 valence electrons. The first kappa shape index (κ1) is 16.5. The number of carbonyl (C=O) groups excluding carboxylic acids is 1. The SMILES string of the molecule is CCC(NC(C)C(=O)N1CCCCC1)c1cccc(Br)c1. The Morgan fingerprint density at radius 3 is 2.67 bits per heavy atom. The van der Waals surface area contributed by atoms with Gasteiger partial charge in [0.25, 0.3) is 0 Å². The maximum Gasteiger partial charge on any atom is 0.239 e. The van der Waals surface area contributed by atoms with E-state index < -0.39 is 0 Å². The molecule has 2 rings (SSSR count). The predicted octanol–water partition coefficient (Wildman–Crippen LogP) is 3.89. The average Bonchev–Trinajstić information content (AvgIpc) is 2.52. The maximum absolute atomic E-state index is 12.5. The molecule has 2 atom stereocenters. The minimum atomic E-state index is -0.132. The van der Waals surface area contributed by atoms with E-state index in [9.17, 15) is 4.79 Å². The van der Waals surface area contributed by atoms with E-state index in [4.69, 9.17) is 0 Å². The van der Waals surface area contributed by atoms with Crippen LogP contribution in [0.25, 0.3) is 0 Å². The number of rotatable bonds is 5. The highest BCUT2D eigenvalue weighted by Gasteiger charge is 2.24. The van der Waals surface area contributed by atoms with Gasteiger partial charge in [0, 0.05) is 23.6 Å². The molecule has 1 aliphatic heterocycles. The smallest absolute Gasteiger partial charge is 0.239 e. The average molecular weight is 353 g/mol. The van der Waals surface area contributed by atoms with Crippen molar-refractivity contribution < 1.29 is 4.79 Å². The number of piperidine rings is 1. The molecule has 1 saturated heterocycles. The third kappa shape index (κ3) is 4.55. The summed E-state index contributed by atoms with van der Waals surface area (Å²) in [6, 6.07) is 8.39. The number of hydrogen-bond acceptors (Lipinski definition) is 2. The summed E-state index contributed by atoms with van der Waals surface area (Å²) < 4.78 is 1.08. The molecule has 0 bridgehead atoms. The van der Waals surface area contributed by atoms with Crippen LogP contribution in [0.15, 0.2) is 28.7 Å². The Bertz CT molecular complexity index is 472. The van der Waals surface area contributed by atoms with E-state index >= 15 is 0 Å². The highest BCUT2D eigenvalue weighted by atomic mass is 79.9. The molecule has 1 heterocycles. The van der Waals surface area contributed by atoms with Crippen molar-refractivity contribution in [3.8, 4) is 0 Å². The third-order valence-corrected chi connectivity index (χ3v) is 4.64. The van der Waals surface area contributed by atoms with Crippen LogP contribution in [0.3, 0.4) is 0 Å². The largest absolute Gasteiger partial charge is 0.341 e. The lowest BCUT2D eigenvalue weighted by Gasteiger charge is -2.31. The van der Waals surface area contributed by atoms with Gasteiger partial charge in [-0.3, -0.25) is 10.1 Å². The zero-order chi connectivity index (χ0) is 15.2. The summed E-state index contributed by atoms with van der Waals surface area (Å²) in [7, 11) is 0. The molecule has 4 heteroatoms. The number of halogens is 1. The lowest BCUT2D eigenvalue weighted by molar-refractivity contribution is -0.134. The quantitative estimate of drug-likeness (QED) is 0.871. The summed E-state index contributed by atoms with van der Waals surface area (Å²) in [6.45, 7) is 5.96. The number of nitrogens with zero attached hydrogens (tertiary/aromatic N) is 1. The fraction of sp³-hybridized carbons (Fsp3) is 0.588. The molecule has 0 aliphatic carbocycles. The summed E-state index contributed by atoms with van der Waals surface area (Å²) >= 11 is 3.51. The van der Waals surface area contributed by atoms with Crippen molar-refractivity contribution in [3.63, 3.8) is 0 Å². The van der Waals surface area contributed by atoms with Crippen molar-refractivity contribution >= 4 is 21.8 Å². The van der Waals surface area contributed by atoms with Crippen LogP contribution in [0.4, 0.5) is 0 Å². The van der Waals surface area contributed by atoms with Gasteiger partial charge < -0.3 is 4.90 Å². The lowest BCUT2D eigenvalue weighted by Crippen LogP contribution is -2.47. The first-order valence-corrected chi connectivity index (χ1v) is 8.71. The molecule has 0 radical (unpaired) electrons. The Kier molecular flexibility index (Phi) is 6.24. The zero-order valence-corrected chi connectivity index (χ0v) is 14.5. The van der Waals surface area contributed by atoms with Crippen LogP contribution in [-0.4, -0.2) is 29.9 Å². The molecule has 1 aromatic rings. The van der Waals surface area contributed by atoms with Gasteiger partial charge in [-0.15, -0.1) is 0 Å². The number of carbonyl (C=O) groups is 1. The van der Waals surface area contributed by atoms with Crippen molar-refractivity contribution in [3.05, 3.63) is 34.3 Å². The normalized spacial score (nSPS) is 18.3. The Morgan fingerprint density at radius 2 is 2.05 bits per heavy atom. The minimum absolute atomic E-state index is 0.132. The fourth-order valence-electron chi connectivity index (χ4n) is 2.93. The zero-order valence-electron chi connectivity index (χ0n) is 12.9. The van der Waals surface area contributed by atoms with Crippen molar-refractivity contribution in [1.82, 2.24) is 10.2 Å². The van der Waals surface area contributed by atoms with Gasteiger partial charge in [-0.1, -0.05) is 35.0 Å². The van der Waals surface area contributed by atoms with E-state index in [2.05, 4.69) is 40.3 Å². The standard InChI is InChI=1S/C17H25BrN2O/c1-3-16(14-8-7-9-15(18)12-14)19-13(2)17(21)20-10-5-4-6-11-20/h7-9,12-13,16,19H,3-6,10-11H2,1-2H3. The van der Waals surface area contributed by atoms with Crippen LogP contribution in [0.5, 0.6) is 0 Å². The van der Waals surface area contributed by atoms with Crippen LogP contribution in [0, 0.1) is 0 Å². The summed E-state index contributed by atoms with van der Waals surface area (Å²) in [6.07, 6.45) is 4.50. The van der Waals surface area contributed by atoms with E-state index in [1.54, 1.807) is 0 Å². The number of nitrogens with one attached hydrogen (secondary N) is 1. The van der Waals surface area contributed by atoms with Gasteiger partial charge in [0.05, 0.1) is 6.04 Å². The van der Waals surface area contributed by atoms with Crippen molar-refractivity contribution in [2.24, 2.45) is 0 Å². The molecular weight excluding hydrogens is 328 g/mol. The maximum atomic E-state index is 12.5. The molecule has 0 aromatic heterocycles. The molecule has 1 aliphatic rings. The summed E-state index contributed by atoms with van der Waals surface area (Å²) in [5.74, 6) is 0.239. The molecule has 0 spiro atoms. The van der Waals surface area contributed by atoms with Gasteiger partial charge in [0.1, 0.15) is 0 Å². The fourth-order valence-corrected chi connectivity index (χ4v) is 3.35. The first-order valence-electron chi connectivity index (χ1n) is 7.92. The van der Waals surface area contributed by atoms with Gasteiger partial charge >= 0.3 is 0 Å². The van der Waals surface area contributed by atoms with Crippen molar-refractivity contribution in [1.29, 1.82) is 0 Å². The summed E-state index contributed by atoms with van der Waals surface area (Å²) in [5, 5.41) is 3.50. The topological polar surface area (TPSA) is 32.3 Å². The molecule has 1 amide bonds. The predicted molar refractivity (Wildman–Crippen MR) is 90.2 cm³/mol. The van der Waals surface area contributed by atoms with Crippen LogP contribution in [0.2, 0.25) is 0 Å². The molecular formula is C17H25BrN2O. The molecule has 3 nitrogen and oxygen atoms in total. The molecule has 21 heavy (non-hydrogen) atoms. The van der Waals surface area contributed by atoms with E-state index in [0.717, 1.165) is 36.8 Å².